The summed E-state index contributed by atoms with van der Waals surface area (Å²) in [5, 5.41) is 18.3. The minimum atomic E-state index is -0.420. The Balaban J connectivity index is 1.90. The Hall–Kier alpha value is -3.61. The van der Waals surface area contributed by atoms with Crippen LogP contribution < -0.4 is 0 Å². The van der Waals surface area contributed by atoms with Crippen molar-refractivity contribution in [3.8, 4) is 17.0 Å². The molecule has 0 bridgehead atoms. The van der Waals surface area contributed by atoms with Gasteiger partial charge in [0, 0.05) is 17.8 Å². The number of imidazole rings is 1. The van der Waals surface area contributed by atoms with Crippen LogP contribution in [0.4, 0.5) is 20.3 Å². The summed E-state index contributed by atoms with van der Waals surface area (Å²) in [5.41, 5.74) is 1.67. The van der Waals surface area contributed by atoms with Gasteiger partial charge in [-0.25, -0.2) is 13.8 Å². The van der Waals surface area contributed by atoms with Crippen LogP contribution in [0.25, 0.3) is 16.9 Å². The van der Waals surface area contributed by atoms with Gasteiger partial charge in [0.05, 0.1) is 5.69 Å². The summed E-state index contributed by atoms with van der Waals surface area (Å²) in [6, 6.07) is 14.6. The fraction of sp³-hybridized carbons (Fsp3) is 0. The van der Waals surface area contributed by atoms with Crippen LogP contribution in [0.2, 0.25) is 0 Å². The number of hydrogen-bond acceptors (Lipinski definition) is 4. The number of azo groups is 1. The highest BCUT2D eigenvalue weighted by Crippen LogP contribution is 2.34. The largest absolute Gasteiger partial charge is 0.504 e. The number of fused-ring (bicyclic) bond motifs is 1. The molecule has 4 rings (SSSR count). The van der Waals surface area contributed by atoms with Crippen molar-refractivity contribution in [3.05, 3.63) is 78.5 Å². The zero-order valence-electron chi connectivity index (χ0n) is 13.3. The van der Waals surface area contributed by atoms with E-state index in [2.05, 4.69) is 15.2 Å². The third kappa shape index (κ3) is 2.90. The lowest BCUT2D eigenvalue weighted by Crippen LogP contribution is -1.83. The van der Waals surface area contributed by atoms with Crippen LogP contribution in [0.15, 0.2) is 77.1 Å². The van der Waals surface area contributed by atoms with E-state index in [9.17, 15) is 13.9 Å². The second kappa shape index (κ2) is 6.36. The van der Waals surface area contributed by atoms with Gasteiger partial charge in [0.25, 0.3) is 0 Å². The van der Waals surface area contributed by atoms with E-state index in [0.717, 1.165) is 0 Å². The van der Waals surface area contributed by atoms with Gasteiger partial charge in [-0.15, -0.1) is 10.2 Å². The van der Waals surface area contributed by atoms with Crippen LogP contribution in [-0.2, 0) is 0 Å². The Kier molecular flexibility index (Phi) is 3.89. The van der Waals surface area contributed by atoms with E-state index in [1.54, 1.807) is 34.9 Å². The van der Waals surface area contributed by atoms with Crippen molar-refractivity contribution in [2.75, 3.05) is 0 Å². The average Bonchev–Trinajstić information content (AvgIpc) is 3.01. The lowest BCUT2D eigenvalue weighted by molar-refractivity contribution is 0.477. The molecule has 0 saturated heterocycles. The molecular weight excluding hydrogens is 338 g/mol. The first-order chi connectivity index (χ1) is 12.6. The highest BCUT2D eigenvalue weighted by Gasteiger charge is 2.16. The first-order valence-corrected chi connectivity index (χ1v) is 7.75. The molecule has 0 fully saturated rings. The summed E-state index contributed by atoms with van der Waals surface area (Å²) in [4.78, 5) is 4.40. The van der Waals surface area contributed by atoms with Crippen LogP contribution in [0.1, 0.15) is 0 Å². The molecule has 0 spiro atoms. The van der Waals surface area contributed by atoms with Gasteiger partial charge >= 0.3 is 0 Å². The maximum atomic E-state index is 13.3. The van der Waals surface area contributed by atoms with Gasteiger partial charge < -0.3 is 5.11 Å². The summed E-state index contributed by atoms with van der Waals surface area (Å²) >= 11 is 0. The van der Waals surface area contributed by atoms with Crippen molar-refractivity contribution in [1.82, 2.24) is 9.38 Å². The molecule has 2 heterocycles. The molecule has 4 aromatic rings. The molecule has 0 radical (unpaired) electrons. The molecule has 0 saturated carbocycles. The zero-order chi connectivity index (χ0) is 18.1. The number of aromatic hydroxyl groups is 1. The maximum absolute atomic E-state index is 13.3. The van der Waals surface area contributed by atoms with Gasteiger partial charge in [-0.05, 0) is 48.5 Å². The molecule has 0 amide bonds. The van der Waals surface area contributed by atoms with E-state index in [-0.39, 0.29) is 11.6 Å². The van der Waals surface area contributed by atoms with Gasteiger partial charge in [-0.2, -0.15) is 0 Å². The summed E-state index contributed by atoms with van der Waals surface area (Å²) in [7, 11) is 0. The van der Waals surface area contributed by atoms with Crippen molar-refractivity contribution < 1.29 is 13.9 Å². The Bertz CT molecular complexity index is 1120. The van der Waals surface area contributed by atoms with Crippen molar-refractivity contribution >= 4 is 17.2 Å². The minimum absolute atomic E-state index is 0.0249. The van der Waals surface area contributed by atoms with Crippen molar-refractivity contribution in [2.45, 2.75) is 0 Å². The lowest BCUT2D eigenvalue weighted by atomic mass is 10.1. The summed E-state index contributed by atoms with van der Waals surface area (Å²) in [5.74, 6) is -0.478. The monoisotopic (exact) mass is 350 g/mol. The van der Waals surface area contributed by atoms with E-state index < -0.39 is 5.82 Å². The van der Waals surface area contributed by atoms with E-state index in [0.29, 0.717) is 28.4 Å². The number of halogens is 2. The normalized spacial score (nSPS) is 11.5. The van der Waals surface area contributed by atoms with Gasteiger partial charge in [0.15, 0.2) is 17.2 Å². The Morgan fingerprint density at radius 3 is 2.46 bits per heavy atom. The van der Waals surface area contributed by atoms with E-state index in [4.69, 9.17) is 0 Å². The first-order valence-electron chi connectivity index (χ1n) is 7.75. The molecule has 1 N–H and O–H groups in total. The molecule has 5 nitrogen and oxygen atoms in total. The molecule has 0 aliphatic heterocycles. The quantitative estimate of drug-likeness (QED) is 0.503. The molecule has 2 aromatic carbocycles. The van der Waals surface area contributed by atoms with Gasteiger partial charge in [-0.1, -0.05) is 6.07 Å². The number of aromatic nitrogens is 2. The molecule has 0 aliphatic rings. The Labute approximate surface area is 146 Å². The van der Waals surface area contributed by atoms with Crippen molar-refractivity contribution in [2.24, 2.45) is 10.2 Å². The van der Waals surface area contributed by atoms with E-state index in [1.807, 2.05) is 0 Å². The fourth-order valence-electron chi connectivity index (χ4n) is 2.58. The van der Waals surface area contributed by atoms with Gasteiger partial charge in [-0.3, -0.25) is 4.40 Å². The molecular formula is C19H12F2N4O. The lowest BCUT2D eigenvalue weighted by Gasteiger charge is -2.00. The smallest absolute Gasteiger partial charge is 0.187 e. The fourth-order valence-corrected chi connectivity index (χ4v) is 2.58. The molecule has 2 aromatic heterocycles. The second-order valence-electron chi connectivity index (χ2n) is 5.56. The first kappa shape index (κ1) is 15.9. The topological polar surface area (TPSA) is 62.2 Å². The number of hydrogen-bond donors (Lipinski definition) is 1. The van der Waals surface area contributed by atoms with Crippen LogP contribution in [0.3, 0.4) is 0 Å². The molecule has 26 heavy (non-hydrogen) atoms. The second-order valence-corrected chi connectivity index (χ2v) is 5.56. The number of nitrogens with zero attached hydrogens (tertiary/aromatic N) is 4. The van der Waals surface area contributed by atoms with Crippen molar-refractivity contribution in [3.63, 3.8) is 0 Å². The summed E-state index contributed by atoms with van der Waals surface area (Å²) in [6.07, 6.45) is 1.68. The van der Waals surface area contributed by atoms with Crippen LogP contribution in [0.5, 0.6) is 5.75 Å². The number of pyridine rings is 1. The number of benzene rings is 2. The molecule has 128 valence electrons. The molecule has 7 heteroatoms. The highest BCUT2D eigenvalue weighted by molar-refractivity contribution is 5.76. The van der Waals surface area contributed by atoms with E-state index >= 15 is 0 Å². The van der Waals surface area contributed by atoms with E-state index in [1.165, 1.54) is 36.4 Å². The average molecular weight is 350 g/mol. The maximum Gasteiger partial charge on any atom is 0.187 e. The predicted molar refractivity (Wildman–Crippen MR) is 92.8 cm³/mol. The van der Waals surface area contributed by atoms with Gasteiger partial charge in [0.1, 0.15) is 17.3 Å². The summed E-state index contributed by atoms with van der Waals surface area (Å²) in [6.45, 7) is 0. The SMILES string of the molecule is Oc1cccn2c(N=Nc3cccc(F)c3)c(-c3ccc(F)cc3)nc12. The molecule has 0 aliphatic carbocycles. The third-order valence-electron chi connectivity index (χ3n) is 3.79. The third-order valence-corrected chi connectivity index (χ3v) is 3.79. The van der Waals surface area contributed by atoms with Crippen LogP contribution >= 0.6 is 0 Å². The Morgan fingerprint density at radius 1 is 0.885 bits per heavy atom. The standard InChI is InChI=1S/C19H12F2N4O/c20-13-8-6-12(7-9-13)17-19(24-23-15-4-1-3-14(21)11-15)25-10-2-5-16(26)18(25)22-17/h1-11,26H. The van der Waals surface area contributed by atoms with Gasteiger partial charge in [0.2, 0.25) is 0 Å². The minimum Gasteiger partial charge on any atom is -0.504 e. The summed E-state index contributed by atoms with van der Waals surface area (Å²) < 4.78 is 28.1. The molecule has 0 atom stereocenters. The van der Waals surface area contributed by atoms with Crippen LogP contribution in [-0.4, -0.2) is 14.5 Å². The van der Waals surface area contributed by atoms with Crippen LogP contribution in [0, 0.1) is 11.6 Å². The Morgan fingerprint density at radius 2 is 1.69 bits per heavy atom. The number of rotatable bonds is 3. The highest BCUT2D eigenvalue weighted by atomic mass is 19.1. The zero-order valence-corrected chi connectivity index (χ0v) is 13.3. The van der Waals surface area contributed by atoms with Crippen molar-refractivity contribution in [1.29, 1.82) is 0 Å². The molecule has 0 unspecified atom stereocenters. The predicted octanol–water partition coefficient (Wildman–Crippen LogP) is 5.40.